The maximum Gasteiger partial charge on any atom is 0.176 e. The molecule has 0 aliphatic carbocycles. The number of hydrogen-bond donors (Lipinski definition) is 0. The van der Waals surface area contributed by atoms with E-state index in [2.05, 4.69) is 66.9 Å². The predicted octanol–water partition coefficient (Wildman–Crippen LogP) is 4.34. The number of aromatic nitrogens is 1. The second-order valence-corrected chi connectivity index (χ2v) is 6.31. The fourth-order valence-electron chi connectivity index (χ4n) is 3.28. The standard InChI is InChI=1S/C19H21NO2/c1-3-19(2)13-21-18(22-19)12-20-16-10-6-4-8-14(16)15-9-5-7-11-17(15)20/h4-11,18H,3,12-13H2,1-2H3/t18-,19-/m0/s1. The molecule has 3 nitrogen and oxygen atoms in total. The minimum absolute atomic E-state index is 0.149. The van der Waals surface area contributed by atoms with Gasteiger partial charge in [0, 0.05) is 21.8 Å². The van der Waals surface area contributed by atoms with E-state index in [9.17, 15) is 0 Å². The van der Waals surface area contributed by atoms with Gasteiger partial charge in [-0.15, -0.1) is 0 Å². The van der Waals surface area contributed by atoms with E-state index < -0.39 is 0 Å². The number of nitrogens with zero attached hydrogens (tertiary/aromatic N) is 1. The van der Waals surface area contributed by atoms with E-state index in [-0.39, 0.29) is 11.9 Å². The quantitative estimate of drug-likeness (QED) is 0.717. The average Bonchev–Trinajstić information content (AvgIpc) is 3.09. The van der Waals surface area contributed by atoms with E-state index in [0.29, 0.717) is 6.61 Å². The summed E-state index contributed by atoms with van der Waals surface area (Å²) in [6.45, 7) is 5.67. The second-order valence-electron chi connectivity index (χ2n) is 6.31. The van der Waals surface area contributed by atoms with Crippen LogP contribution in [0.2, 0.25) is 0 Å². The molecule has 0 bridgehead atoms. The molecule has 0 unspecified atom stereocenters. The molecule has 114 valence electrons. The Morgan fingerprint density at radius 2 is 1.64 bits per heavy atom. The van der Waals surface area contributed by atoms with Crippen LogP contribution < -0.4 is 0 Å². The number of hydrogen-bond acceptors (Lipinski definition) is 2. The van der Waals surface area contributed by atoms with Crippen LogP contribution in [-0.2, 0) is 16.0 Å². The van der Waals surface area contributed by atoms with Crippen molar-refractivity contribution < 1.29 is 9.47 Å². The van der Waals surface area contributed by atoms with Crippen LogP contribution in [0.4, 0.5) is 0 Å². The molecule has 1 aliphatic rings. The average molecular weight is 295 g/mol. The van der Waals surface area contributed by atoms with Crippen LogP contribution in [0.5, 0.6) is 0 Å². The second kappa shape index (κ2) is 5.11. The summed E-state index contributed by atoms with van der Waals surface area (Å²) >= 11 is 0. The van der Waals surface area contributed by atoms with Crippen LogP contribution in [0.25, 0.3) is 21.8 Å². The van der Waals surface area contributed by atoms with Crippen LogP contribution >= 0.6 is 0 Å². The number of ether oxygens (including phenoxy) is 2. The molecule has 22 heavy (non-hydrogen) atoms. The van der Waals surface area contributed by atoms with Gasteiger partial charge in [0.1, 0.15) is 0 Å². The van der Waals surface area contributed by atoms with Crippen molar-refractivity contribution in [2.24, 2.45) is 0 Å². The summed E-state index contributed by atoms with van der Waals surface area (Å²) in [6.07, 6.45) is 0.792. The van der Waals surface area contributed by atoms with Gasteiger partial charge < -0.3 is 14.0 Å². The molecule has 4 rings (SSSR count). The molecule has 0 radical (unpaired) electrons. The summed E-state index contributed by atoms with van der Waals surface area (Å²) < 4.78 is 14.3. The van der Waals surface area contributed by atoms with Gasteiger partial charge in [0.2, 0.25) is 0 Å². The molecular formula is C19H21NO2. The lowest BCUT2D eigenvalue weighted by Gasteiger charge is -2.20. The Kier molecular flexibility index (Phi) is 3.21. The fraction of sp³-hybridized carbons (Fsp3) is 0.368. The Labute approximate surface area is 130 Å². The maximum absolute atomic E-state index is 6.13. The SMILES string of the molecule is CC[C@@]1(C)CO[C@H](Cn2c3ccccc3c3ccccc32)O1. The lowest BCUT2D eigenvalue weighted by atomic mass is 10.1. The van der Waals surface area contributed by atoms with Gasteiger partial charge in [-0.1, -0.05) is 43.3 Å². The molecule has 3 aromatic rings. The largest absolute Gasteiger partial charge is 0.348 e. The Morgan fingerprint density at radius 3 is 2.18 bits per heavy atom. The summed E-state index contributed by atoms with van der Waals surface area (Å²) in [5.74, 6) is 0. The topological polar surface area (TPSA) is 23.4 Å². The molecule has 1 aliphatic heterocycles. The molecule has 3 heteroatoms. The minimum atomic E-state index is -0.177. The Bertz CT molecular complexity index is 769. The first kappa shape index (κ1) is 13.8. The summed E-state index contributed by atoms with van der Waals surface area (Å²) in [5, 5.41) is 2.57. The lowest BCUT2D eigenvalue weighted by Crippen LogP contribution is -2.27. The van der Waals surface area contributed by atoms with Crippen molar-refractivity contribution in [2.75, 3.05) is 6.61 Å². The van der Waals surface area contributed by atoms with Crippen LogP contribution in [0.3, 0.4) is 0 Å². The third kappa shape index (κ3) is 2.13. The van der Waals surface area contributed by atoms with Crippen molar-refractivity contribution >= 4 is 21.8 Å². The number of benzene rings is 2. The predicted molar refractivity (Wildman–Crippen MR) is 89.0 cm³/mol. The highest BCUT2D eigenvalue weighted by molar-refractivity contribution is 6.07. The third-order valence-electron chi connectivity index (χ3n) is 4.75. The Hall–Kier alpha value is -1.84. The van der Waals surface area contributed by atoms with E-state index in [0.717, 1.165) is 13.0 Å². The van der Waals surface area contributed by atoms with Crippen molar-refractivity contribution in [1.82, 2.24) is 4.57 Å². The van der Waals surface area contributed by atoms with Gasteiger partial charge in [0.05, 0.1) is 18.8 Å². The summed E-state index contributed by atoms with van der Waals surface area (Å²) in [5.41, 5.74) is 2.32. The zero-order chi connectivity index (χ0) is 15.2. The third-order valence-corrected chi connectivity index (χ3v) is 4.75. The zero-order valence-electron chi connectivity index (χ0n) is 13.1. The molecule has 0 spiro atoms. The van der Waals surface area contributed by atoms with Gasteiger partial charge in [0.25, 0.3) is 0 Å². The van der Waals surface area contributed by atoms with E-state index >= 15 is 0 Å². The lowest BCUT2D eigenvalue weighted by molar-refractivity contribution is -0.0916. The molecule has 1 saturated heterocycles. The molecular weight excluding hydrogens is 274 g/mol. The van der Waals surface area contributed by atoms with E-state index in [1.807, 2.05) is 0 Å². The Morgan fingerprint density at radius 1 is 1.05 bits per heavy atom. The van der Waals surface area contributed by atoms with Crippen molar-refractivity contribution in [3.8, 4) is 0 Å². The van der Waals surface area contributed by atoms with Gasteiger partial charge >= 0.3 is 0 Å². The molecule has 1 aromatic heterocycles. The van der Waals surface area contributed by atoms with Crippen molar-refractivity contribution in [1.29, 1.82) is 0 Å². The highest BCUT2D eigenvalue weighted by Gasteiger charge is 2.35. The van der Waals surface area contributed by atoms with E-state index in [1.165, 1.54) is 21.8 Å². The minimum Gasteiger partial charge on any atom is -0.348 e. The van der Waals surface area contributed by atoms with Crippen molar-refractivity contribution in [3.63, 3.8) is 0 Å². The van der Waals surface area contributed by atoms with E-state index in [1.54, 1.807) is 0 Å². The molecule has 2 aromatic carbocycles. The first-order chi connectivity index (χ1) is 10.7. The summed E-state index contributed by atoms with van der Waals surface area (Å²) in [6, 6.07) is 17.1. The van der Waals surface area contributed by atoms with Crippen LogP contribution in [-0.4, -0.2) is 23.1 Å². The number of para-hydroxylation sites is 2. The van der Waals surface area contributed by atoms with Gasteiger partial charge in [-0.2, -0.15) is 0 Å². The molecule has 0 N–H and O–H groups in total. The van der Waals surface area contributed by atoms with Crippen LogP contribution in [0.1, 0.15) is 20.3 Å². The molecule has 0 saturated carbocycles. The fourth-order valence-corrected chi connectivity index (χ4v) is 3.28. The zero-order valence-corrected chi connectivity index (χ0v) is 13.1. The van der Waals surface area contributed by atoms with Gasteiger partial charge in [0.15, 0.2) is 6.29 Å². The maximum atomic E-state index is 6.13. The first-order valence-corrected chi connectivity index (χ1v) is 7.95. The van der Waals surface area contributed by atoms with Crippen LogP contribution in [0, 0.1) is 0 Å². The molecule has 2 heterocycles. The number of rotatable bonds is 3. The highest BCUT2D eigenvalue weighted by Crippen LogP contribution is 2.32. The monoisotopic (exact) mass is 295 g/mol. The Balaban J connectivity index is 1.77. The smallest absolute Gasteiger partial charge is 0.176 e. The van der Waals surface area contributed by atoms with Crippen molar-refractivity contribution in [3.05, 3.63) is 48.5 Å². The molecule has 1 fully saturated rings. The molecule has 0 amide bonds. The van der Waals surface area contributed by atoms with Crippen LogP contribution in [0.15, 0.2) is 48.5 Å². The van der Waals surface area contributed by atoms with Gasteiger partial charge in [-0.25, -0.2) is 0 Å². The first-order valence-electron chi connectivity index (χ1n) is 7.95. The van der Waals surface area contributed by atoms with Gasteiger partial charge in [-0.3, -0.25) is 0 Å². The van der Waals surface area contributed by atoms with Crippen molar-refractivity contribution in [2.45, 2.75) is 38.7 Å². The molecule has 2 atom stereocenters. The highest BCUT2D eigenvalue weighted by atomic mass is 16.7. The normalized spacial score (nSPS) is 25.3. The number of fused-ring (bicyclic) bond motifs is 3. The summed E-state index contributed by atoms with van der Waals surface area (Å²) in [4.78, 5) is 0. The van der Waals surface area contributed by atoms with Gasteiger partial charge in [-0.05, 0) is 25.5 Å². The van der Waals surface area contributed by atoms with E-state index in [4.69, 9.17) is 9.47 Å². The summed E-state index contributed by atoms with van der Waals surface area (Å²) in [7, 11) is 0.